The second-order valence-electron chi connectivity index (χ2n) is 10.8. The molecule has 7 nitrogen and oxygen atoms in total. The van der Waals surface area contributed by atoms with Crippen LogP contribution in [0.5, 0.6) is 0 Å². The predicted octanol–water partition coefficient (Wildman–Crippen LogP) is 4.19. The molecular formula is C29H35FN4O3. The fourth-order valence-corrected chi connectivity index (χ4v) is 6.17. The van der Waals surface area contributed by atoms with Gasteiger partial charge in [0.2, 0.25) is 0 Å². The second kappa shape index (κ2) is 10.5. The minimum atomic E-state index is -0.421. The van der Waals surface area contributed by atoms with E-state index < -0.39 is 5.82 Å². The first-order chi connectivity index (χ1) is 18.1. The van der Waals surface area contributed by atoms with Crippen molar-refractivity contribution in [2.24, 2.45) is 11.8 Å². The smallest absolute Gasteiger partial charge is 0.257 e. The molecule has 2 aromatic heterocycles. The van der Waals surface area contributed by atoms with Gasteiger partial charge in [0.1, 0.15) is 12.5 Å². The standard InChI is InChI=1S/C29H35FN4O3/c1-20-13-31-14-27-28(20)23(11-22-16-32(17-22)15-21-5-9-36-10-6-21)18-34(27)26-4-3-24(30)12-25(26)29(35)33-7-2-8-37-19-33/h3-4,12-14,18,21-22H,2,5-11,15-17,19H2,1H3. The molecule has 5 heterocycles. The Kier molecular flexibility index (Phi) is 6.97. The molecule has 0 bridgehead atoms. The van der Waals surface area contributed by atoms with Crippen LogP contribution in [0.25, 0.3) is 16.6 Å². The van der Waals surface area contributed by atoms with E-state index in [1.807, 2.05) is 17.0 Å². The number of amides is 1. The van der Waals surface area contributed by atoms with Crippen LogP contribution in [0.15, 0.2) is 36.8 Å². The average Bonchev–Trinajstić information content (AvgIpc) is 3.27. The van der Waals surface area contributed by atoms with Crippen LogP contribution in [0.4, 0.5) is 4.39 Å². The zero-order chi connectivity index (χ0) is 25.4. The van der Waals surface area contributed by atoms with Crippen LogP contribution >= 0.6 is 0 Å². The number of benzene rings is 1. The number of aromatic nitrogens is 2. The van der Waals surface area contributed by atoms with E-state index in [0.717, 1.165) is 56.1 Å². The minimum absolute atomic E-state index is 0.207. The maximum absolute atomic E-state index is 14.4. The van der Waals surface area contributed by atoms with Crippen molar-refractivity contribution in [1.82, 2.24) is 19.4 Å². The summed E-state index contributed by atoms with van der Waals surface area (Å²) in [6, 6.07) is 4.48. The predicted molar refractivity (Wildman–Crippen MR) is 139 cm³/mol. The van der Waals surface area contributed by atoms with Gasteiger partial charge in [-0.2, -0.15) is 0 Å². The van der Waals surface area contributed by atoms with Gasteiger partial charge in [0.05, 0.1) is 29.6 Å². The number of hydrogen-bond donors (Lipinski definition) is 0. The lowest BCUT2D eigenvalue weighted by atomic mass is 9.89. The van der Waals surface area contributed by atoms with Crippen LogP contribution in [-0.2, 0) is 15.9 Å². The molecule has 3 saturated heterocycles. The van der Waals surface area contributed by atoms with Crippen molar-refractivity contribution in [1.29, 1.82) is 0 Å². The molecule has 37 heavy (non-hydrogen) atoms. The van der Waals surface area contributed by atoms with Gasteiger partial charge in [0, 0.05) is 57.2 Å². The first-order valence-electron chi connectivity index (χ1n) is 13.5. The molecule has 0 unspecified atom stereocenters. The third kappa shape index (κ3) is 5.02. The van der Waals surface area contributed by atoms with Crippen molar-refractivity contribution in [2.45, 2.75) is 32.6 Å². The highest BCUT2D eigenvalue weighted by Gasteiger charge is 2.31. The molecule has 3 fully saturated rings. The first kappa shape index (κ1) is 24.5. The average molecular weight is 507 g/mol. The van der Waals surface area contributed by atoms with Crippen molar-refractivity contribution in [3.8, 4) is 5.69 Å². The molecule has 196 valence electrons. The van der Waals surface area contributed by atoms with Gasteiger partial charge in [0.15, 0.2) is 0 Å². The Morgan fingerprint density at radius 2 is 1.95 bits per heavy atom. The summed E-state index contributed by atoms with van der Waals surface area (Å²) in [6.45, 7) is 8.77. The van der Waals surface area contributed by atoms with Gasteiger partial charge in [-0.05, 0) is 73.8 Å². The van der Waals surface area contributed by atoms with E-state index >= 15 is 0 Å². The van der Waals surface area contributed by atoms with Gasteiger partial charge in [-0.1, -0.05) is 0 Å². The van der Waals surface area contributed by atoms with Crippen molar-refractivity contribution in [2.75, 3.05) is 52.7 Å². The van der Waals surface area contributed by atoms with Gasteiger partial charge in [-0.15, -0.1) is 0 Å². The topological polar surface area (TPSA) is 59.8 Å². The summed E-state index contributed by atoms with van der Waals surface area (Å²) in [5, 5.41) is 1.18. The summed E-state index contributed by atoms with van der Waals surface area (Å²) < 4.78 is 27.4. The lowest BCUT2D eigenvalue weighted by Crippen LogP contribution is -2.49. The normalized spacial score (nSPS) is 19.9. The van der Waals surface area contributed by atoms with Crippen molar-refractivity contribution >= 4 is 16.8 Å². The van der Waals surface area contributed by atoms with E-state index in [4.69, 9.17) is 9.47 Å². The van der Waals surface area contributed by atoms with E-state index in [0.29, 0.717) is 30.3 Å². The maximum Gasteiger partial charge on any atom is 0.257 e. The molecule has 0 N–H and O–H groups in total. The highest BCUT2D eigenvalue weighted by Crippen LogP contribution is 2.33. The number of aryl methyl sites for hydroxylation is 1. The number of fused-ring (bicyclic) bond motifs is 1. The van der Waals surface area contributed by atoms with Crippen molar-refractivity contribution < 1.29 is 18.7 Å². The summed E-state index contributed by atoms with van der Waals surface area (Å²) in [5.74, 6) is 0.729. The fourth-order valence-electron chi connectivity index (χ4n) is 6.17. The van der Waals surface area contributed by atoms with E-state index in [1.165, 1.54) is 42.5 Å². The summed E-state index contributed by atoms with van der Waals surface area (Å²) >= 11 is 0. The summed E-state index contributed by atoms with van der Waals surface area (Å²) in [5.41, 5.74) is 4.35. The van der Waals surface area contributed by atoms with Gasteiger partial charge in [-0.25, -0.2) is 4.39 Å². The molecule has 0 aliphatic carbocycles. The van der Waals surface area contributed by atoms with Crippen LogP contribution in [0.3, 0.4) is 0 Å². The quantitative estimate of drug-likeness (QED) is 0.502. The van der Waals surface area contributed by atoms with Crippen LogP contribution < -0.4 is 0 Å². The molecule has 1 amide bonds. The number of halogens is 1. The molecule has 0 atom stereocenters. The van der Waals surface area contributed by atoms with E-state index in [2.05, 4.69) is 23.0 Å². The summed E-state index contributed by atoms with van der Waals surface area (Å²) in [4.78, 5) is 22.1. The first-order valence-corrected chi connectivity index (χ1v) is 13.5. The Morgan fingerprint density at radius 3 is 2.73 bits per heavy atom. The maximum atomic E-state index is 14.4. The molecular weight excluding hydrogens is 471 g/mol. The van der Waals surface area contributed by atoms with Crippen molar-refractivity contribution in [3.05, 3.63) is 59.3 Å². The highest BCUT2D eigenvalue weighted by atomic mass is 19.1. The Bertz CT molecular complexity index is 1270. The minimum Gasteiger partial charge on any atom is -0.381 e. The van der Waals surface area contributed by atoms with Crippen LogP contribution in [0, 0.1) is 24.6 Å². The van der Waals surface area contributed by atoms with Gasteiger partial charge >= 0.3 is 0 Å². The van der Waals surface area contributed by atoms with Crippen LogP contribution in [-0.4, -0.2) is 78.0 Å². The summed E-state index contributed by atoms with van der Waals surface area (Å²) in [6.07, 6.45) is 9.98. The number of rotatable bonds is 6. The molecule has 3 aliphatic heterocycles. The Balaban J connectivity index is 1.27. The van der Waals surface area contributed by atoms with Crippen LogP contribution in [0.1, 0.15) is 40.7 Å². The number of pyridine rings is 1. The van der Waals surface area contributed by atoms with Gasteiger partial charge in [-0.3, -0.25) is 9.78 Å². The fraction of sp³-hybridized carbons (Fsp3) is 0.517. The molecule has 6 rings (SSSR count). The third-order valence-electron chi connectivity index (χ3n) is 8.08. The lowest BCUT2D eigenvalue weighted by Gasteiger charge is -2.42. The molecule has 0 spiro atoms. The zero-order valence-electron chi connectivity index (χ0n) is 21.5. The monoisotopic (exact) mass is 506 g/mol. The number of ether oxygens (including phenoxy) is 2. The zero-order valence-corrected chi connectivity index (χ0v) is 21.5. The third-order valence-corrected chi connectivity index (χ3v) is 8.08. The van der Waals surface area contributed by atoms with E-state index in [1.54, 1.807) is 11.0 Å². The molecule has 1 aromatic carbocycles. The van der Waals surface area contributed by atoms with Crippen molar-refractivity contribution in [3.63, 3.8) is 0 Å². The largest absolute Gasteiger partial charge is 0.381 e. The Labute approximate surface area is 217 Å². The van der Waals surface area contributed by atoms with Gasteiger partial charge in [0.25, 0.3) is 5.91 Å². The molecule has 3 aromatic rings. The Hall–Kier alpha value is -2.81. The van der Waals surface area contributed by atoms with E-state index in [9.17, 15) is 9.18 Å². The van der Waals surface area contributed by atoms with E-state index in [-0.39, 0.29) is 12.6 Å². The molecule has 0 radical (unpaired) electrons. The second-order valence-corrected chi connectivity index (χ2v) is 10.8. The lowest BCUT2D eigenvalue weighted by molar-refractivity contribution is -0.00573. The number of hydrogen-bond acceptors (Lipinski definition) is 5. The molecule has 8 heteroatoms. The molecule has 0 saturated carbocycles. The number of carbonyl (C=O) groups excluding carboxylic acids is 1. The van der Waals surface area contributed by atoms with Gasteiger partial charge < -0.3 is 23.8 Å². The molecule has 3 aliphatic rings. The summed E-state index contributed by atoms with van der Waals surface area (Å²) in [7, 11) is 0. The Morgan fingerprint density at radius 1 is 1.11 bits per heavy atom. The SMILES string of the molecule is Cc1cncc2c1c(CC1CN(CC3CCOCC3)C1)cn2-c1ccc(F)cc1C(=O)N1CCCOC1. The number of carbonyl (C=O) groups is 1. The number of nitrogens with zero attached hydrogens (tertiary/aromatic N) is 4. The highest BCUT2D eigenvalue weighted by molar-refractivity contribution is 5.99. The van der Waals surface area contributed by atoms with Crippen LogP contribution in [0.2, 0.25) is 0 Å². The number of likely N-dealkylation sites (tertiary alicyclic amines) is 1.